The lowest BCUT2D eigenvalue weighted by Crippen LogP contribution is -2.05. The van der Waals surface area contributed by atoms with Gasteiger partial charge in [-0.1, -0.05) is 0 Å². The van der Waals surface area contributed by atoms with Gasteiger partial charge in [-0.25, -0.2) is 19.6 Å². The van der Waals surface area contributed by atoms with Crippen LogP contribution in [-0.4, -0.2) is 52.6 Å². The average molecular weight is 498 g/mol. The summed E-state index contributed by atoms with van der Waals surface area (Å²) in [6.07, 6.45) is 7.05. The fraction of sp³-hybridized carbons (Fsp3) is 0.148. The molecule has 5 heterocycles. The zero-order valence-corrected chi connectivity index (χ0v) is 20.2. The Labute approximate surface area is 210 Å². The molecule has 8 bridgehead atoms. The number of nitrogens with zero attached hydrogens (tertiary/aromatic N) is 2. The van der Waals surface area contributed by atoms with Gasteiger partial charge in [0.1, 0.15) is 17.7 Å². The van der Waals surface area contributed by atoms with Crippen LogP contribution in [-0.2, 0) is 25.6 Å². The summed E-state index contributed by atoms with van der Waals surface area (Å²) in [6, 6.07) is 6.98. The predicted molar refractivity (Wildman–Crippen MR) is 137 cm³/mol. The number of carbonyl (C=O) groups excluding carboxylic acids is 3. The molecular formula is C27H22N4O6. The molecular weight excluding hydrogens is 476 g/mol. The Morgan fingerprint density at radius 1 is 0.757 bits per heavy atom. The number of aromatic amines is 2. The van der Waals surface area contributed by atoms with Gasteiger partial charge in [0, 0.05) is 22.2 Å². The van der Waals surface area contributed by atoms with Crippen molar-refractivity contribution in [1.29, 1.82) is 0 Å². The molecule has 0 amide bonds. The lowest BCUT2D eigenvalue weighted by molar-refractivity contribution is -0.129. The Morgan fingerprint density at radius 3 is 1.62 bits per heavy atom. The molecule has 37 heavy (non-hydrogen) atoms. The van der Waals surface area contributed by atoms with Crippen molar-refractivity contribution in [2.45, 2.75) is 13.5 Å². The van der Waals surface area contributed by atoms with Gasteiger partial charge in [-0.15, -0.1) is 0 Å². The molecule has 3 aromatic heterocycles. The summed E-state index contributed by atoms with van der Waals surface area (Å²) in [5.74, 6) is -1.12. The average Bonchev–Trinajstić information content (AvgIpc) is 3.72. The zero-order valence-electron chi connectivity index (χ0n) is 20.2. The van der Waals surface area contributed by atoms with Crippen LogP contribution >= 0.6 is 0 Å². The van der Waals surface area contributed by atoms with E-state index in [1.165, 1.54) is 14.2 Å². The number of aromatic nitrogens is 4. The first-order valence-electron chi connectivity index (χ1n) is 11.3. The minimum atomic E-state index is -0.560. The highest BCUT2D eigenvalue weighted by atomic mass is 16.5. The maximum Gasteiger partial charge on any atom is 0.342 e. The van der Waals surface area contributed by atoms with Crippen molar-refractivity contribution in [2.75, 3.05) is 14.2 Å². The van der Waals surface area contributed by atoms with Crippen molar-refractivity contribution in [3.8, 4) is 0 Å². The first-order valence-corrected chi connectivity index (χ1v) is 11.3. The van der Waals surface area contributed by atoms with Gasteiger partial charge in [-0.2, -0.15) is 0 Å². The fourth-order valence-electron chi connectivity index (χ4n) is 4.31. The Morgan fingerprint density at radius 2 is 1.19 bits per heavy atom. The van der Waals surface area contributed by atoms with E-state index in [4.69, 9.17) is 14.2 Å². The third-order valence-electron chi connectivity index (χ3n) is 6.20. The predicted octanol–water partition coefficient (Wildman–Crippen LogP) is 4.21. The van der Waals surface area contributed by atoms with E-state index < -0.39 is 11.9 Å². The van der Waals surface area contributed by atoms with Gasteiger partial charge in [-0.3, -0.25) is 4.79 Å². The van der Waals surface area contributed by atoms with E-state index in [1.807, 2.05) is 6.92 Å². The molecule has 0 aliphatic carbocycles. The van der Waals surface area contributed by atoms with Crippen molar-refractivity contribution in [3.05, 3.63) is 69.3 Å². The second-order valence-corrected chi connectivity index (χ2v) is 8.25. The Kier molecular flexibility index (Phi) is 6.14. The fourth-order valence-corrected chi connectivity index (χ4v) is 4.31. The summed E-state index contributed by atoms with van der Waals surface area (Å²) in [4.78, 5) is 52.4. The number of nitrogens with one attached hydrogen (secondary N) is 2. The van der Waals surface area contributed by atoms with Gasteiger partial charge in [0.25, 0.3) is 6.47 Å². The Hall–Kier alpha value is -4.99. The topological polar surface area (TPSA) is 136 Å². The minimum Gasteiger partial charge on any atom is -0.465 e. The summed E-state index contributed by atoms with van der Waals surface area (Å²) in [5.41, 5.74) is 6.04. The van der Waals surface area contributed by atoms with Gasteiger partial charge >= 0.3 is 11.9 Å². The number of hydrogen-bond acceptors (Lipinski definition) is 8. The molecule has 2 aliphatic heterocycles. The highest BCUT2D eigenvalue weighted by Gasteiger charge is 2.20. The standard InChI is InChI=1S/C27H22N4O6/c1-14-16-4-8-20(28-16)24(26(33)35-2)22-10-6-18(30-22)15(12-37-13-32)19-7-11-23(31-19)25(27(34)36-3)21-9-5-17(14)29-21/h4-11,13,30-31H,12H2,1-3H3. The molecule has 3 aromatic rings. The Balaban J connectivity index is 1.98. The smallest absolute Gasteiger partial charge is 0.342 e. The minimum absolute atomic E-state index is 0.0732. The van der Waals surface area contributed by atoms with Crippen LogP contribution < -0.4 is 0 Å². The molecule has 0 unspecified atom stereocenters. The number of fused-ring (bicyclic) bond motifs is 8. The molecule has 0 radical (unpaired) electrons. The van der Waals surface area contributed by atoms with Gasteiger partial charge in [0.15, 0.2) is 0 Å². The second kappa shape index (κ2) is 9.57. The summed E-state index contributed by atoms with van der Waals surface area (Å²) in [6.45, 7) is 2.14. The number of ether oxygens (including phenoxy) is 3. The third-order valence-corrected chi connectivity index (χ3v) is 6.20. The third kappa shape index (κ3) is 4.18. The van der Waals surface area contributed by atoms with Gasteiger partial charge in [0.2, 0.25) is 0 Å². The van der Waals surface area contributed by atoms with Crippen molar-refractivity contribution >= 4 is 64.8 Å². The quantitative estimate of drug-likeness (QED) is 0.209. The molecule has 2 aliphatic rings. The maximum atomic E-state index is 12.8. The first kappa shape index (κ1) is 23.7. The normalized spacial score (nSPS) is 11.9. The number of H-pyrrole nitrogens is 2. The van der Waals surface area contributed by atoms with Crippen molar-refractivity contribution in [2.24, 2.45) is 0 Å². The summed E-state index contributed by atoms with van der Waals surface area (Å²) >= 11 is 0. The monoisotopic (exact) mass is 498 g/mol. The van der Waals surface area contributed by atoms with Crippen molar-refractivity contribution in [1.82, 2.24) is 19.9 Å². The first-order chi connectivity index (χ1) is 17.9. The largest absolute Gasteiger partial charge is 0.465 e. The van der Waals surface area contributed by atoms with Crippen LogP contribution in [0.2, 0.25) is 0 Å². The van der Waals surface area contributed by atoms with Gasteiger partial charge in [0.05, 0.1) is 48.0 Å². The molecule has 5 rings (SSSR count). The SMILES string of the molecule is COC(=O)c1c2nc(c(C)c3nc(c(C(=O)OC)c4ccc([nH]4)c(COC=O)c4ccc1[nH]4)C=C3)C=C2. The van der Waals surface area contributed by atoms with Gasteiger partial charge in [-0.05, 0) is 55.5 Å². The molecule has 0 fully saturated rings. The number of esters is 2. The zero-order chi connectivity index (χ0) is 26.1. The maximum absolute atomic E-state index is 12.8. The van der Waals surface area contributed by atoms with E-state index in [2.05, 4.69) is 19.9 Å². The summed E-state index contributed by atoms with van der Waals surface area (Å²) in [5, 5.41) is 0. The van der Waals surface area contributed by atoms with Gasteiger partial charge < -0.3 is 24.2 Å². The van der Waals surface area contributed by atoms with Crippen LogP contribution in [0.4, 0.5) is 0 Å². The second-order valence-electron chi connectivity index (χ2n) is 8.25. The molecule has 0 spiro atoms. The van der Waals surface area contributed by atoms with Crippen molar-refractivity contribution < 1.29 is 28.6 Å². The number of carbonyl (C=O) groups is 3. The summed E-state index contributed by atoms with van der Waals surface area (Å²) in [7, 11) is 2.61. The lowest BCUT2D eigenvalue weighted by atomic mass is 10.2. The molecule has 10 heteroatoms. The molecule has 0 saturated carbocycles. The van der Waals surface area contributed by atoms with E-state index in [0.29, 0.717) is 56.9 Å². The van der Waals surface area contributed by atoms with Crippen LogP contribution in [0.25, 0.3) is 46.4 Å². The van der Waals surface area contributed by atoms with E-state index in [0.717, 1.165) is 5.56 Å². The van der Waals surface area contributed by atoms with E-state index in [-0.39, 0.29) is 17.7 Å². The van der Waals surface area contributed by atoms with Crippen LogP contribution in [0, 0.1) is 6.92 Å². The Bertz CT molecular complexity index is 1560. The van der Waals surface area contributed by atoms with E-state index in [9.17, 15) is 14.4 Å². The van der Waals surface area contributed by atoms with Crippen LogP contribution in [0.15, 0.2) is 24.3 Å². The molecule has 0 aromatic carbocycles. The molecule has 0 saturated heterocycles. The number of hydrogen-bond donors (Lipinski definition) is 2. The van der Waals surface area contributed by atoms with Crippen LogP contribution in [0.3, 0.4) is 0 Å². The highest BCUT2D eigenvalue weighted by Crippen LogP contribution is 2.27. The molecule has 0 atom stereocenters. The number of methoxy groups -OCH3 is 2. The molecule has 10 nitrogen and oxygen atoms in total. The number of rotatable bonds is 5. The summed E-state index contributed by atoms with van der Waals surface area (Å²) < 4.78 is 15.2. The van der Waals surface area contributed by atoms with E-state index >= 15 is 0 Å². The lowest BCUT2D eigenvalue weighted by Gasteiger charge is -2.03. The van der Waals surface area contributed by atoms with Crippen LogP contribution in [0.1, 0.15) is 54.6 Å². The highest BCUT2D eigenvalue weighted by molar-refractivity contribution is 6.03. The van der Waals surface area contributed by atoms with Crippen molar-refractivity contribution in [3.63, 3.8) is 0 Å². The van der Waals surface area contributed by atoms with Crippen LogP contribution in [0.5, 0.6) is 0 Å². The molecule has 186 valence electrons. The van der Waals surface area contributed by atoms with E-state index in [1.54, 1.807) is 48.6 Å². The molecule has 2 N–H and O–H groups in total.